The Balaban J connectivity index is 3.07. The average molecular weight is 131 g/mol. The van der Waals surface area contributed by atoms with Crippen LogP contribution < -0.4 is 5.32 Å². The van der Waals surface area contributed by atoms with Gasteiger partial charge in [0.05, 0.1) is 13.2 Å². The first-order chi connectivity index (χ1) is 4.31. The van der Waals surface area contributed by atoms with E-state index in [0.29, 0.717) is 18.8 Å². The number of hydrogen-bond donors (Lipinski definition) is 3. The maximum Gasteiger partial charge on any atom is 0.102 e. The Morgan fingerprint density at radius 1 is 1.67 bits per heavy atom. The van der Waals surface area contributed by atoms with Gasteiger partial charge in [-0.25, -0.2) is 0 Å². The summed E-state index contributed by atoms with van der Waals surface area (Å²) in [4.78, 5) is 0. The van der Waals surface area contributed by atoms with Crippen LogP contribution in [-0.4, -0.2) is 29.9 Å². The molecule has 0 aliphatic carbocycles. The summed E-state index contributed by atoms with van der Waals surface area (Å²) in [5, 5.41) is 19.9. The van der Waals surface area contributed by atoms with E-state index in [4.69, 9.17) is 10.2 Å². The van der Waals surface area contributed by atoms with Crippen LogP contribution in [0.5, 0.6) is 0 Å². The molecule has 0 unspecified atom stereocenters. The molecule has 0 fully saturated rings. The molecule has 0 saturated heterocycles. The first-order valence-corrected chi connectivity index (χ1v) is 2.97. The topological polar surface area (TPSA) is 52.5 Å². The zero-order valence-electron chi connectivity index (χ0n) is 5.59. The number of rotatable bonds is 4. The number of nitrogens with one attached hydrogen (secondary N) is 1. The van der Waals surface area contributed by atoms with E-state index in [1.54, 1.807) is 13.0 Å². The van der Waals surface area contributed by atoms with Gasteiger partial charge in [-0.2, -0.15) is 0 Å². The number of aliphatic hydroxyl groups excluding tert-OH is 2. The standard InChI is InChI=1S/C6H13NO2/c1-2-6(9)5-7-3-4-8/h2,7-9H,3-5H2,1H3. The fourth-order valence-electron chi connectivity index (χ4n) is 0.398. The highest BCUT2D eigenvalue weighted by Gasteiger charge is 1.87. The summed E-state index contributed by atoms with van der Waals surface area (Å²) in [6.45, 7) is 2.84. The molecule has 0 aliphatic heterocycles. The Labute approximate surface area is 55.0 Å². The lowest BCUT2D eigenvalue weighted by Crippen LogP contribution is -2.20. The van der Waals surface area contributed by atoms with Crippen LogP contribution in [0.4, 0.5) is 0 Å². The van der Waals surface area contributed by atoms with E-state index < -0.39 is 0 Å². The third-order valence-corrected chi connectivity index (χ3v) is 0.928. The van der Waals surface area contributed by atoms with Gasteiger partial charge in [0, 0.05) is 6.54 Å². The fraction of sp³-hybridized carbons (Fsp3) is 0.667. The summed E-state index contributed by atoms with van der Waals surface area (Å²) in [6.07, 6.45) is 1.62. The van der Waals surface area contributed by atoms with Crippen molar-refractivity contribution in [2.45, 2.75) is 6.92 Å². The van der Waals surface area contributed by atoms with E-state index in [0.717, 1.165) is 0 Å². The Bertz CT molecular complexity index is 91.1. The quantitative estimate of drug-likeness (QED) is 0.372. The molecule has 0 heterocycles. The third kappa shape index (κ3) is 5.33. The Morgan fingerprint density at radius 2 is 2.33 bits per heavy atom. The van der Waals surface area contributed by atoms with E-state index >= 15 is 0 Å². The summed E-state index contributed by atoms with van der Waals surface area (Å²) in [6, 6.07) is 0. The van der Waals surface area contributed by atoms with Gasteiger partial charge in [0.15, 0.2) is 0 Å². The van der Waals surface area contributed by atoms with Crippen molar-refractivity contribution in [1.82, 2.24) is 5.32 Å². The van der Waals surface area contributed by atoms with Crippen molar-refractivity contribution in [2.75, 3.05) is 19.7 Å². The van der Waals surface area contributed by atoms with Crippen molar-refractivity contribution < 1.29 is 10.2 Å². The van der Waals surface area contributed by atoms with Gasteiger partial charge >= 0.3 is 0 Å². The molecule has 54 valence electrons. The lowest BCUT2D eigenvalue weighted by Gasteiger charge is -1.99. The SMILES string of the molecule is CC=C(O)CNCCO. The zero-order chi connectivity index (χ0) is 7.11. The summed E-state index contributed by atoms with van der Waals surface area (Å²) >= 11 is 0. The zero-order valence-corrected chi connectivity index (χ0v) is 5.59. The lowest BCUT2D eigenvalue weighted by molar-refractivity contribution is 0.289. The molecule has 0 aromatic rings. The van der Waals surface area contributed by atoms with Crippen molar-refractivity contribution >= 4 is 0 Å². The van der Waals surface area contributed by atoms with Crippen LogP contribution in [0.15, 0.2) is 11.8 Å². The number of aliphatic hydroxyl groups is 2. The highest BCUT2D eigenvalue weighted by atomic mass is 16.3. The minimum absolute atomic E-state index is 0.108. The van der Waals surface area contributed by atoms with Gasteiger partial charge in [0.25, 0.3) is 0 Å². The van der Waals surface area contributed by atoms with Crippen molar-refractivity contribution in [2.24, 2.45) is 0 Å². The second-order valence-electron chi connectivity index (χ2n) is 1.68. The predicted octanol–water partition coefficient (Wildman–Crippen LogP) is 0.0301. The van der Waals surface area contributed by atoms with Gasteiger partial charge in [-0.05, 0) is 13.0 Å². The Morgan fingerprint density at radius 3 is 2.78 bits per heavy atom. The van der Waals surface area contributed by atoms with E-state index in [1.807, 2.05) is 0 Å². The molecule has 0 saturated carbocycles. The lowest BCUT2D eigenvalue weighted by atomic mass is 10.4. The molecule has 0 radical (unpaired) electrons. The van der Waals surface area contributed by atoms with Crippen molar-refractivity contribution in [3.63, 3.8) is 0 Å². The second-order valence-corrected chi connectivity index (χ2v) is 1.68. The molecule has 0 amide bonds. The summed E-state index contributed by atoms with van der Waals surface area (Å²) in [5.41, 5.74) is 0. The third-order valence-electron chi connectivity index (χ3n) is 0.928. The Hall–Kier alpha value is -0.540. The first kappa shape index (κ1) is 8.46. The highest BCUT2D eigenvalue weighted by Crippen LogP contribution is 1.81. The second kappa shape index (κ2) is 5.59. The largest absolute Gasteiger partial charge is 0.511 e. The van der Waals surface area contributed by atoms with E-state index in [2.05, 4.69) is 5.32 Å². The maximum atomic E-state index is 8.80. The molecule has 0 spiro atoms. The molecule has 3 N–H and O–H groups in total. The van der Waals surface area contributed by atoms with Crippen LogP contribution in [0.1, 0.15) is 6.92 Å². The van der Waals surface area contributed by atoms with Gasteiger partial charge in [0.1, 0.15) is 5.76 Å². The molecule has 0 rings (SSSR count). The summed E-state index contributed by atoms with van der Waals surface area (Å²) in [7, 11) is 0. The van der Waals surface area contributed by atoms with E-state index in [9.17, 15) is 0 Å². The maximum absolute atomic E-state index is 8.80. The van der Waals surface area contributed by atoms with Crippen molar-refractivity contribution in [1.29, 1.82) is 0 Å². The van der Waals surface area contributed by atoms with Crippen LogP contribution in [0.25, 0.3) is 0 Å². The normalized spacial score (nSPS) is 12.0. The van der Waals surface area contributed by atoms with Gasteiger partial charge in [-0.3, -0.25) is 0 Å². The number of hydrogen-bond acceptors (Lipinski definition) is 3. The molecule has 0 atom stereocenters. The molecule has 3 heteroatoms. The van der Waals surface area contributed by atoms with Crippen LogP contribution in [0, 0.1) is 0 Å². The molecule has 0 bridgehead atoms. The van der Waals surface area contributed by atoms with Crippen LogP contribution >= 0.6 is 0 Å². The first-order valence-electron chi connectivity index (χ1n) is 2.97. The Kier molecular flexibility index (Phi) is 5.26. The molecular formula is C6H13NO2. The summed E-state index contributed by atoms with van der Waals surface area (Å²) < 4.78 is 0. The van der Waals surface area contributed by atoms with Crippen LogP contribution in [0.3, 0.4) is 0 Å². The predicted molar refractivity (Wildman–Crippen MR) is 36.3 cm³/mol. The van der Waals surface area contributed by atoms with Crippen LogP contribution in [0.2, 0.25) is 0 Å². The molecule has 0 aromatic heterocycles. The van der Waals surface area contributed by atoms with Gasteiger partial charge in [-0.1, -0.05) is 0 Å². The van der Waals surface area contributed by atoms with E-state index in [1.165, 1.54) is 0 Å². The molecule has 0 aromatic carbocycles. The monoisotopic (exact) mass is 131 g/mol. The van der Waals surface area contributed by atoms with Gasteiger partial charge in [-0.15, -0.1) is 0 Å². The van der Waals surface area contributed by atoms with Gasteiger partial charge < -0.3 is 15.5 Å². The molecular weight excluding hydrogens is 118 g/mol. The highest BCUT2D eigenvalue weighted by molar-refractivity contribution is 4.89. The fourth-order valence-corrected chi connectivity index (χ4v) is 0.398. The van der Waals surface area contributed by atoms with Crippen molar-refractivity contribution in [3.05, 3.63) is 11.8 Å². The smallest absolute Gasteiger partial charge is 0.102 e. The molecule has 9 heavy (non-hydrogen) atoms. The van der Waals surface area contributed by atoms with Crippen LogP contribution in [-0.2, 0) is 0 Å². The average Bonchev–Trinajstić information content (AvgIpc) is 1.89. The molecule has 3 nitrogen and oxygen atoms in total. The van der Waals surface area contributed by atoms with Crippen molar-refractivity contribution in [3.8, 4) is 0 Å². The summed E-state index contributed by atoms with van der Waals surface area (Å²) in [5.74, 6) is 0.309. The van der Waals surface area contributed by atoms with E-state index in [-0.39, 0.29) is 6.61 Å². The minimum Gasteiger partial charge on any atom is -0.511 e. The number of allylic oxidation sites excluding steroid dienone is 1. The minimum atomic E-state index is 0.108. The van der Waals surface area contributed by atoms with Gasteiger partial charge in [0.2, 0.25) is 0 Å². The molecule has 0 aliphatic rings.